The summed E-state index contributed by atoms with van der Waals surface area (Å²) in [6.07, 6.45) is -2.81. The van der Waals surface area contributed by atoms with Gasteiger partial charge < -0.3 is 18.8 Å². The lowest BCUT2D eigenvalue weighted by Crippen LogP contribution is -2.34. The average molecular weight is 590 g/mol. The molecule has 0 saturated carbocycles. The Bertz CT molecular complexity index is 1440. The van der Waals surface area contributed by atoms with Gasteiger partial charge in [0.05, 0.1) is 19.3 Å². The van der Waals surface area contributed by atoms with Crippen LogP contribution in [0.3, 0.4) is 0 Å². The van der Waals surface area contributed by atoms with Crippen LogP contribution in [0.15, 0.2) is 45.7 Å². The number of ether oxygens (including phenoxy) is 2. The molecule has 0 radical (unpaired) electrons. The molecule has 0 spiro atoms. The summed E-state index contributed by atoms with van der Waals surface area (Å²) in [7, 11) is -2.60. The van der Waals surface area contributed by atoms with Crippen LogP contribution in [-0.2, 0) is 27.8 Å². The molecule has 14 heteroatoms. The number of hydrogen-bond donors (Lipinski definition) is 1. The van der Waals surface area contributed by atoms with Gasteiger partial charge in [-0.2, -0.15) is 13.2 Å². The minimum Gasteiger partial charge on any atom is -0.495 e. The van der Waals surface area contributed by atoms with Crippen LogP contribution in [-0.4, -0.2) is 57.8 Å². The summed E-state index contributed by atoms with van der Waals surface area (Å²) in [4.78, 5) is 6.40. The predicted octanol–water partition coefficient (Wildman–Crippen LogP) is 4.78. The smallest absolute Gasteiger partial charge is 0.411 e. The molecule has 4 rings (SSSR count). The average Bonchev–Trinajstić information content (AvgIpc) is 3.31. The van der Waals surface area contributed by atoms with Gasteiger partial charge in [0, 0.05) is 12.5 Å². The molecular formula is C26H28F5N3O5S. The fourth-order valence-electron chi connectivity index (χ4n) is 4.59. The van der Waals surface area contributed by atoms with Gasteiger partial charge in [-0.25, -0.2) is 27.3 Å². The summed E-state index contributed by atoms with van der Waals surface area (Å²) >= 11 is 0. The zero-order chi connectivity index (χ0) is 29.1. The molecule has 2 heterocycles. The number of rotatable bonds is 10. The minimum absolute atomic E-state index is 0.0451. The standard InChI is InChI=1S/C26H28F5N3O5S/c1-37-21-6-5-16(13-22(21)40(32,35)36)7-10-34-11-8-17(9-12-34)25-33-20(14-38-15-26(29,30)31)24(39-25)18-3-2-4-19(27)23(18)28/h2-6,13,17H,7-12,14-15H2,1H3,(H2,32,35,36). The van der Waals surface area contributed by atoms with E-state index in [1.807, 2.05) is 0 Å². The van der Waals surface area contributed by atoms with E-state index in [0.717, 1.165) is 11.6 Å². The molecule has 1 aromatic heterocycles. The van der Waals surface area contributed by atoms with Crippen LogP contribution in [0.5, 0.6) is 5.75 Å². The molecule has 2 aromatic carbocycles. The van der Waals surface area contributed by atoms with Crippen LogP contribution in [0.4, 0.5) is 22.0 Å². The number of methoxy groups -OCH3 is 1. The lowest BCUT2D eigenvalue weighted by atomic mass is 9.96. The molecular weight excluding hydrogens is 561 g/mol. The molecule has 8 nitrogen and oxygen atoms in total. The van der Waals surface area contributed by atoms with Crippen LogP contribution in [0.25, 0.3) is 11.3 Å². The van der Waals surface area contributed by atoms with E-state index in [-0.39, 0.29) is 39.5 Å². The number of hydrogen-bond acceptors (Lipinski definition) is 7. The highest BCUT2D eigenvalue weighted by Crippen LogP contribution is 2.35. The second-order valence-corrected chi connectivity index (χ2v) is 11.0. The molecule has 0 aliphatic carbocycles. The van der Waals surface area contributed by atoms with Crippen molar-refractivity contribution in [3.8, 4) is 17.1 Å². The maximum absolute atomic E-state index is 14.5. The van der Waals surface area contributed by atoms with E-state index >= 15 is 0 Å². The lowest BCUT2D eigenvalue weighted by Gasteiger charge is -2.30. The van der Waals surface area contributed by atoms with Crippen molar-refractivity contribution in [3.05, 3.63) is 65.2 Å². The summed E-state index contributed by atoms with van der Waals surface area (Å²) in [6, 6.07) is 8.26. The highest BCUT2D eigenvalue weighted by Gasteiger charge is 2.30. The molecule has 1 fully saturated rings. The second kappa shape index (κ2) is 12.2. The third kappa shape index (κ3) is 7.36. The monoisotopic (exact) mass is 589 g/mol. The first-order chi connectivity index (χ1) is 18.9. The normalized spacial score (nSPS) is 15.5. The fourth-order valence-corrected chi connectivity index (χ4v) is 5.33. The van der Waals surface area contributed by atoms with Crippen LogP contribution in [0, 0.1) is 11.6 Å². The Labute approximate surface area is 227 Å². The van der Waals surface area contributed by atoms with Crippen molar-refractivity contribution in [2.24, 2.45) is 5.14 Å². The van der Waals surface area contributed by atoms with Crippen LogP contribution < -0.4 is 9.88 Å². The SMILES string of the molecule is COc1ccc(CCN2CCC(c3nc(COCC(F)(F)F)c(-c4cccc(F)c4F)o3)CC2)cc1S(N)(=O)=O. The van der Waals surface area contributed by atoms with Gasteiger partial charge in [0.1, 0.15) is 22.9 Å². The van der Waals surface area contributed by atoms with E-state index in [1.165, 1.54) is 25.3 Å². The summed E-state index contributed by atoms with van der Waals surface area (Å²) in [6.45, 7) is -0.213. The molecule has 0 unspecified atom stereocenters. The molecule has 0 amide bonds. The lowest BCUT2D eigenvalue weighted by molar-refractivity contribution is -0.176. The van der Waals surface area contributed by atoms with Gasteiger partial charge >= 0.3 is 6.18 Å². The van der Waals surface area contributed by atoms with E-state index in [4.69, 9.17) is 19.0 Å². The van der Waals surface area contributed by atoms with E-state index < -0.39 is 41.0 Å². The van der Waals surface area contributed by atoms with Gasteiger partial charge in [0.25, 0.3) is 0 Å². The second-order valence-electron chi connectivity index (χ2n) is 9.43. The Balaban J connectivity index is 1.43. The first kappa shape index (κ1) is 29.9. The number of primary sulfonamides is 1. The Hall–Kier alpha value is -3.07. The summed E-state index contributed by atoms with van der Waals surface area (Å²) in [5.41, 5.74) is 0.474. The first-order valence-electron chi connectivity index (χ1n) is 12.4. The number of oxazole rings is 1. The van der Waals surface area contributed by atoms with Crippen LogP contribution >= 0.6 is 0 Å². The van der Waals surface area contributed by atoms with Crippen molar-refractivity contribution >= 4 is 10.0 Å². The number of nitrogens with two attached hydrogens (primary N) is 1. The summed E-state index contributed by atoms with van der Waals surface area (Å²) in [5.74, 6) is -2.30. The van der Waals surface area contributed by atoms with Crippen LogP contribution in [0.2, 0.25) is 0 Å². The minimum atomic E-state index is -4.56. The van der Waals surface area contributed by atoms with Gasteiger partial charge in [0.15, 0.2) is 23.3 Å². The van der Waals surface area contributed by atoms with Gasteiger partial charge in [-0.1, -0.05) is 12.1 Å². The molecule has 3 aromatic rings. The summed E-state index contributed by atoms with van der Waals surface area (Å²) < 4.78 is 105. The number of alkyl halides is 3. The number of likely N-dealkylation sites (tertiary alicyclic amines) is 1. The van der Waals surface area contributed by atoms with Gasteiger partial charge in [-0.05, 0) is 62.2 Å². The maximum atomic E-state index is 14.5. The van der Waals surface area contributed by atoms with Gasteiger partial charge in [0.2, 0.25) is 10.0 Å². The van der Waals surface area contributed by atoms with Crippen molar-refractivity contribution < 1.29 is 44.3 Å². The molecule has 2 N–H and O–H groups in total. The molecule has 0 atom stereocenters. The largest absolute Gasteiger partial charge is 0.495 e. The first-order valence-corrected chi connectivity index (χ1v) is 13.9. The molecule has 1 aliphatic heterocycles. The topological polar surface area (TPSA) is 108 Å². The molecule has 218 valence electrons. The van der Waals surface area contributed by atoms with Crippen molar-refractivity contribution in [2.45, 2.75) is 42.9 Å². The fraction of sp³-hybridized carbons (Fsp3) is 0.423. The Morgan fingerprint density at radius 3 is 2.52 bits per heavy atom. The third-order valence-corrected chi connectivity index (χ3v) is 7.53. The Kier molecular flexibility index (Phi) is 9.12. The van der Waals surface area contributed by atoms with Crippen molar-refractivity contribution in [2.75, 3.05) is 33.4 Å². The highest BCUT2D eigenvalue weighted by atomic mass is 32.2. The number of aromatic nitrogens is 1. The van der Waals surface area contributed by atoms with Crippen molar-refractivity contribution in [1.82, 2.24) is 9.88 Å². The highest BCUT2D eigenvalue weighted by molar-refractivity contribution is 7.89. The zero-order valence-corrected chi connectivity index (χ0v) is 22.3. The number of piperidine rings is 1. The maximum Gasteiger partial charge on any atom is 0.411 e. The summed E-state index contributed by atoms with van der Waals surface area (Å²) in [5, 5.41) is 5.29. The quantitative estimate of drug-likeness (QED) is 0.339. The predicted molar refractivity (Wildman–Crippen MR) is 134 cm³/mol. The Morgan fingerprint density at radius 2 is 1.88 bits per heavy atom. The third-order valence-electron chi connectivity index (χ3n) is 6.60. The van der Waals surface area contributed by atoms with Gasteiger partial charge in [-0.3, -0.25) is 0 Å². The van der Waals surface area contributed by atoms with E-state index in [1.54, 1.807) is 12.1 Å². The van der Waals surface area contributed by atoms with Gasteiger partial charge in [-0.15, -0.1) is 0 Å². The number of benzene rings is 2. The molecule has 1 saturated heterocycles. The van der Waals surface area contributed by atoms with E-state index in [2.05, 4.69) is 9.88 Å². The molecule has 40 heavy (non-hydrogen) atoms. The number of halogens is 5. The van der Waals surface area contributed by atoms with E-state index in [9.17, 15) is 30.4 Å². The van der Waals surface area contributed by atoms with E-state index in [0.29, 0.717) is 38.9 Å². The van der Waals surface area contributed by atoms with Crippen molar-refractivity contribution in [1.29, 1.82) is 0 Å². The molecule has 1 aliphatic rings. The number of sulfonamides is 1. The number of nitrogens with zero attached hydrogens (tertiary/aromatic N) is 2. The Morgan fingerprint density at radius 1 is 1.15 bits per heavy atom. The molecule has 0 bridgehead atoms. The zero-order valence-electron chi connectivity index (χ0n) is 21.5. The van der Waals surface area contributed by atoms with Crippen molar-refractivity contribution in [3.63, 3.8) is 0 Å². The van der Waals surface area contributed by atoms with Crippen LogP contribution in [0.1, 0.15) is 35.9 Å².